The lowest BCUT2D eigenvalue weighted by atomic mass is 10.1. The molecule has 54 valence electrons. The number of nitrogens with two attached hydrogens (primary N) is 1. The van der Waals surface area contributed by atoms with E-state index in [1.165, 1.54) is 0 Å². The van der Waals surface area contributed by atoms with Crippen LogP contribution < -0.4 is 5.73 Å². The van der Waals surface area contributed by atoms with E-state index in [0.717, 1.165) is 0 Å². The molecular weight excluding hydrogens is 118 g/mol. The summed E-state index contributed by atoms with van der Waals surface area (Å²) in [6, 6.07) is 0. The van der Waals surface area contributed by atoms with E-state index in [1.807, 2.05) is 20.8 Å². The molecule has 0 fully saturated rings. The molecule has 2 N–H and O–H groups in total. The van der Waals surface area contributed by atoms with E-state index >= 15 is 0 Å². The number of hydrogen-bond acceptors (Lipinski definition) is 2. The monoisotopic (exact) mass is 131 g/mol. The summed E-state index contributed by atoms with van der Waals surface area (Å²) in [5.41, 5.74) is 4.77. The van der Waals surface area contributed by atoms with Crippen molar-refractivity contribution in [3.05, 3.63) is 0 Å². The van der Waals surface area contributed by atoms with Crippen LogP contribution in [0.3, 0.4) is 0 Å². The molecule has 0 heterocycles. The van der Waals surface area contributed by atoms with Gasteiger partial charge in [-0.1, -0.05) is 13.8 Å². The third-order valence-electron chi connectivity index (χ3n) is 1.24. The Hall–Kier alpha value is -0.730. The zero-order valence-corrected chi connectivity index (χ0v) is 6.05. The molecule has 0 bridgehead atoms. The summed E-state index contributed by atoms with van der Waals surface area (Å²) in [6.07, 6.45) is -0.779. The molecule has 0 rings (SSSR count). The van der Waals surface area contributed by atoms with Gasteiger partial charge < -0.3 is 10.5 Å². The van der Waals surface area contributed by atoms with Crippen LogP contribution in [0.25, 0.3) is 0 Å². The maximum absolute atomic E-state index is 10.1. The number of carbonyl (C=O) groups is 1. The van der Waals surface area contributed by atoms with E-state index in [2.05, 4.69) is 4.74 Å². The van der Waals surface area contributed by atoms with Gasteiger partial charge in [0.25, 0.3) is 0 Å². The molecule has 0 aliphatic rings. The van der Waals surface area contributed by atoms with Crippen molar-refractivity contribution < 1.29 is 9.53 Å². The average molecular weight is 131 g/mol. The molecular formula is C6H13NO2. The average Bonchev–Trinajstić information content (AvgIpc) is 1.63. The summed E-state index contributed by atoms with van der Waals surface area (Å²) in [7, 11) is 0. The molecule has 3 nitrogen and oxygen atoms in total. The minimum atomic E-state index is -0.698. The smallest absolute Gasteiger partial charge is 0.404 e. The van der Waals surface area contributed by atoms with Gasteiger partial charge in [0.15, 0.2) is 0 Å². The fourth-order valence-corrected chi connectivity index (χ4v) is 0.319. The van der Waals surface area contributed by atoms with Gasteiger partial charge in [-0.2, -0.15) is 0 Å². The second-order valence-electron chi connectivity index (χ2n) is 2.39. The Morgan fingerprint density at radius 3 is 2.00 bits per heavy atom. The van der Waals surface area contributed by atoms with Gasteiger partial charge in [0.2, 0.25) is 0 Å². The van der Waals surface area contributed by atoms with Crippen molar-refractivity contribution in [3.63, 3.8) is 0 Å². The highest BCUT2D eigenvalue weighted by Crippen LogP contribution is 2.03. The second kappa shape index (κ2) is 3.33. The van der Waals surface area contributed by atoms with Crippen molar-refractivity contribution in [1.29, 1.82) is 0 Å². The minimum Gasteiger partial charge on any atom is -0.446 e. The Balaban J connectivity index is 3.50. The van der Waals surface area contributed by atoms with Crippen LogP contribution in [-0.2, 0) is 4.74 Å². The zero-order chi connectivity index (χ0) is 7.44. The SMILES string of the molecule is CC(C)[C@H](C)OC(N)=O. The van der Waals surface area contributed by atoms with Crippen LogP contribution in [0.5, 0.6) is 0 Å². The van der Waals surface area contributed by atoms with Crippen LogP contribution in [-0.4, -0.2) is 12.2 Å². The minimum absolute atomic E-state index is 0.0810. The Morgan fingerprint density at radius 1 is 1.44 bits per heavy atom. The van der Waals surface area contributed by atoms with Gasteiger partial charge in [0.1, 0.15) is 6.10 Å². The fourth-order valence-electron chi connectivity index (χ4n) is 0.319. The van der Waals surface area contributed by atoms with E-state index in [0.29, 0.717) is 5.92 Å². The molecule has 0 aliphatic heterocycles. The lowest BCUT2D eigenvalue weighted by Crippen LogP contribution is -2.24. The molecule has 0 aromatic heterocycles. The second-order valence-corrected chi connectivity index (χ2v) is 2.39. The summed E-state index contributed by atoms with van der Waals surface area (Å²) < 4.78 is 4.65. The number of primary amides is 1. The molecule has 0 unspecified atom stereocenters. The van der Waals surface area contributed by atoms with Crippen molar-refractivity contribution in [2.75, 3.05) is 0 Å². The number of carbonyl (C=O) groups excluding carboxylic acids is 1. The lowest BCUT2D eigenvalue weighted by Gasteiger charge is -2.13. The molecule has 0 saturated heterocycles. The lowest BCUT2D eigenvalue weighted by molar-refractivity contribution is 0.0902. The van der Waals surface area contributed by atoms with Crippen LogP contribution >= 0.6 is 0 Å². The van der Waals surface area contributed by atoms with Crippen molar-refractivity contribution in [1.82, 2.24) is 0 Å². The van der Waals surface area contributed by atoms with Crippen LogP contribution in [0.4, 0.5) is 4.79 Å². The maximum Gasteiger partial charge on any atom is 0.404 e. The number of rotatable bonds is 2. The van der Waals surface area contributed by atoms with Crippen molar-refractivity contribution in [2.24, 2.45) is 11.7 Å². The normalized spacial score (nSPS) is 13.3. The van der Waals surface area contributed by atoms with Crippen LogP contribution in [0.2, 0.25) is 0 Å². The molecule has 0 aliphatic carbocycles. The van der Waals surface area contributed by atoms with E-state index in [1.54, 1.807) is 0 Å². The first-order valence-corrected chi connectivity index (χ1v) is 3.00. The first-order chi connectivity index (χ1) is 4.04. The quantitative estimate of drug-likeness (QED) is 0.610. The van der Waals surface area contributed by atoms with Crippen LogP contribution in [0.1, 0.15) is 20.8 Å². The van der Waals surface area contributed by atoms with Gasteiger partial charge in [-0.15, -0.1) is 0 Å². The molecule has 0 aromatic carbocycles. The van der Waals surface area contributed by atoms with Crippen molar-refractivity contribution in [3.8, 4) is 0 Å². The van der Waals surface area contributed by atoms with Crippen LogP contribution in [0, 0.1) is 5.92 Å². The van der Waals surface area contributed by atoms with Gasteiger partial charge in [-0.25, -0.2) is 4.79 Å². The van der Waals surface area contributed by atoms with Crippen molar-refractivity contribution in [2.45, 2.75) is 26.9 Å². The molecule has 9 heavy (non-hydrogen) atoms. The molecule has 0 spiro atoms. The molecule has 1 atom stereocenters. The van der Waals surface area contributed by atoms with E-state index in [9.17, 15) is 4.79 Å². The molecule has 0 saturated carbocycles. The summed E-state index contributed by atoms with van der Waals surface area (Å²) in [6.45, 7) is 5.75. The van der Waals surface area contributed by atoms with E-state index in [-0.39, 0.29) is 6.10 Å². The first-order valence-electron chi connectivity index (χ1n) is 3.00. The molecule has 3 heteroatoms. The number of amides is 1. The highest BCUT2D eigenvalue weighted by atomic mass is 16.6. The third-order valence-corrected chi connectivity index (χ3v) is 1.24. The molecule has 0 aromatic rings. The topological polar surface area (TPSA) is 52.3 Å². The molecule has 0 radical (unpaired) electrons. The van der Waals surface area contributed by atoms with Gasteiger partial charge in [-0.3, -0.25) is 0 Å². The Morgan fingerprint density at radius 2 is 1.89 bits per heavy atom. The van der Waals surface area contributed by atoms with Crippen LogP contribution in [0.15, 0.2) is 0 Å². The molecule has 1 amide bonds. The standard InChI is InChI=1S/C6H13NO2/c1-4(2)5(3)9-6(7)8/h4-5H,1-3H3,(H2,7,8)/t5-/m0/s1. The van der Waals surface area contributed by atoms with Gasteiger partial charge in [0.05, 0.1) is 0 Å². The highest BCUT2D eigenvalue weighted by molar-refractivity contribution is 5.64. The predicted octanol–water partition coefficient (Wildman–Crippen LogP) is 1.13. The maximum atomic E-state index is 10.1. The largest absolute Gasteiger partial charge is 0.446 e. The van der Waals surface area contributed by atoms with Gasteiger partial charge >= 0.3 is 6.09 Å². The van der Waals surface area contributed by atoms with E-state index in [4.69, 9.17) is 5.73 Å². The third kappa shape index (κ3) is 3.82. The number of ether oxygens (including phenoxy) is 1. The zero-order valence-electron chi connectivity index (χ0n) is 6.05. The highest BCUT2D eigenvalue weighted by Gasteiger charge is 2.08. The van der Waals surface area contributed by atoms with Gasteiger partial charge in [0, 0.05) is 0 Å². The van der Waals surface area contributed by atoms with E-state index < -0.39 is 6.09 Å². The Labute approximate surface area is 55.2 Å². The summed E-state index contributed by atoms with van der Waals surface area (Å²) in [5, 5.41) is 0. The first kappa shape index (κ1) is 8.27. The summed E-state index contributed by atoms with van der Waals surface area (Å²) >= 11 is 0. The predicted molar refractivity (Wildman–Crippen MR) is 35.0 cm³/mol. The summed E-state index contributed by atoms with van der Waals surface area (Å²) in [5.74, 6) is 0.331. The van der Waals surface area contributed by atoms with Gasteiger partial charge in [-0.05, 0) is 12.8 Å². The Kier molecular flexibility index (Phi) is 3.06. The number of hydrogen-bond donors (Lipinski definition) is 1. The fraction of sp³-hybridized carbons (Fsp3) is 0.833. The Bertz CT molecular complexity index is 101. The van der Waals surface area contributed by atoms with Crippen molar-refractivity contribution >= 4 is 6.09 Å². The summed E-state index contributed by atoms with van der Waals surface area (Å²) in [4.78, 5) is 10.1.